The molecule has 1 aliphatic carbocycles. The highest BCUT2D eigenvalue weighted by Crippen LogP contribution is 2.54. The van der Waals surface area contributed by atoms with Crippen molar-refractivity contribution in [2.45, 2.75) is 110 Å². The fourth-order valence-electron chi connectivity index (χ4n) is 5.60. The molecule has 3 rings (SSSR count). The van der Waals surface area contributed by atoms with Crippen LogP contribution < -0.4 is 4.74 Å². The van der Waals surface area contributed by atoms with Gasteiger partial charge in [0.05, 0.1) is 0 Å². The monoisotopic (exact) mass is 372 g/mol. The summed E-state index contributed by atoms with van der Waals surface area (Å²) in [6.07, 6.45) is 10.8. The van der Waals surface area contributed by atoms with E-state index in [0.717, 1.165) is 30.6 Å². The van der Waals surface area contributed by atoms with Gasteiger partial charge in [0.2, 0.25) is 0 Å². The maximum atomic E-state index is 10.9. The van der Waals surface area contributed by atoms with Gasteiger partial charge >= 0.3 is 0 Å². The molecule has 1 aromatic rings. The third kappa shape index (κ3) is 4.00. The maximum Gasteiger partial charge on any atom is 0.127 e. The molecule has 0 aromatic heterocycles. The summed E-state index contributed by atoms with van der Waals surface area (Å²) >= 11 is 0. The molecule has 0 saturated heterocycles. The highest BCUT2D eigenvalue weighted by atomic mass is 16.5. The second-order valence-corrected chi connectivity index (χ2v) is 10.7. The third-order valence-electron chi connectivity index (χ3n) is 7.55. The largest absolute Gasteiger partial charge is 0.508 e. The SMILES string of the molecule is CCCCCCC(C)(C)c1cc(O)c2c(c1)O[C@]1(C)CCCC(C)(C)[C@@H]1C2. The van der Waals surface area contributed by atoms with Crippen LogP contribution in [0.4, 0.5) is 0 Å². The van der Waals surface area contributed by atoms with Crippen LogP contribution >= 0.6 is 0 Å². The first-order valence-corrected chi connectivity index (χ1v) is 11.1. The number of rotatable bonds is 6. The average molecular weight is 373 g/mol. The van der Waals surface area contributed by atoms with Crippen LogP contribution in [-0.2, 0) is 11.8 Å². The number of ether oxygens (including phenoxy) is 1. The Bertz CT molecular complexity index is 673. The number of fused-ring (bicyclic) bond motifs is 2. The molecular weight excluding hydrogens is 332 g/mol. The average Bonchev–Trinajstić information content (AvgIpc) is 2.56. The Morgan fingerprint density at radius 1 is 1.11 bits per heavy atom. The first-order valence-electron chi connectivity index (χ1n) is 11.1. The zero-order valence-electron chi connectivity index (χ0n) is 18.5. The van der Waals surface area contributed by atoms with Gasteiger partial charge in [0, 0.05) is 11.5 Å². The highest BCUT2D eigenvalue weighted by molar-refractivity contribution is 5.51. The van der Waals surface area contributed by atoms with Crippen LogP contribution in [-0.4, -0.2) is 10.7 Å². The summed E-state index contributed by atoms with van der Waals surface area (Å²) in [5.41, 5.74) is 2.46. The third-order valence-corrected chi connectivity index (χ3v) is 7.55. The van der Waals surface area contributed by atoms with Crippen LogP contribution in [0.25, 0.3) is 0 Å². The van der Waals surface area contributed by atoms with Gasteiger partial charge in [0.15, 0.2) is 0 Å². The molecule has 2 atom stereocenters. The van der Waals surface area contributed by atoms with Gasteiger partial charge in [-0.1, -0.05) is 60.3 Å². The van der Waals surface area contributed by atoms with Crippen molar-refractivity contribution < 1.29 is 9.84 Å². The van der Waals surface area contributed by atoms with Crippen molar-refractivity contribution in [3.05, 3.63) is 23.3 Å². The number of unbranched alkanes of at least 4 members (excludes halogenated alkanes) is 3. The second-order valence-electron chi connectivity index (χ2n) is 10.7. The van der Waals surface area contributed by atoms with E-state index in [2.05, 4.69) is 47.6 Å². The Balaban J connectivity index is 1.88. The minimum atomic E-state index is -0.106. The lowest BCUT2D eigenvalue weighted by Crippen LogP contribution is -2.54. The summed E-state index contributed by atoms with van der Waals surface area (Å²) in [6.45, 7) is 13.9. The molecule has 0 spiro atoms. The topological polar surface area (TPSA) is 29.5 Å². The van der Waals surface area contributed by atoms with Gasteiger partial charge in [-0.3, -0.25) is 0 Å². The summed E-state index contributed by atoms with van der Waals surface area (Å²) in [6, 6.07) is 4.25. The summed E-state index contributed by atoms with van der Waals surface area (Å²) in [5.74, 6) is 1.83. The fourth-order valence-corrected chi connectivity index (χ4v) is 5.60. The molecule has 2 nitrogen and oxygen atoms in total. The van der Waals surface area contributed by atoms with E-state index in [1.807, 2.05) is 6.07 Å². The lowest BCUT2D eigenvalue weighted by atomic mass is 9.59. The minimum Gasteiger partial charge on any atom is -0.508 e. The molecule has 2 heteroatoms. The molecule has 1 N–H and O–H groups in total. The van der Waals surface area contributed by atoms with E-state index in [1.165, 1.54) is 44.1 Å². The van der Waals surface area contributed by atoms with Crippen molar-refractivity contribution in [1.82, 2.24) is 0 Å². The fraction of sp³-hybridized carbons (Fsp3) is 0.760. The van der Waals surface area contributed by atoms with Crippen molar-refractivity contribution in [3.8, 4) is 11.5 Å². The smallest absolute Gasteiger partial charge is 0.127 e. The van der Waals surface area contributed by atoms with E-state index >= 15 is 0 Å². The van der Waals surface area contributed by atoms with E-state index in [-0.39, 0.29) is 16.4 Å². The summed E-state index contributed by atoms with van der Waals surface area (Å²) in [7, 11) is 0. The summed E-state index contributed by atoms with van der Waals surface area (Å²) < 4.78 is 6.66. The van der Waals surface area contributed by atoms with Crippen LogP contribution in [0.5, 0.6) is 11.5 Å². The lowest BCUT2D eigenvalue weighted by Gasteiger charge is -2.53. The van der Waals surface area contributed by atoms with Gasteiger partial charge in [0.1, 0.15) is 17.1 Å². The molecule has 1 aliphatic heterocycles. The molecule has 0 unspecified atom stereocenters. The Hall–Kier alpha value is -1.18. The van der Waals surface area contributed by atoms with Crippen LogP contribution in [0.1, 0.15) is 104 Å². The number of phenolic OH excluding ortho intramolecular Hbond substituents is 1. The molecule has 1 heterocycles. The van der Waals surface area contributed by atoms with Gasteiger partial charge < -0.3 is 9.84 Å². The van der Waals surface area contributed by atoms with Gasteiger partial charge in [-0.2, -0.15) is 0 Å². The number of phenols is 1. The van der Waals surface area contributed by atoms with Gasteiger partial charge in [0.25, 0.3) is 0 Å². The van der Waals surface area contributed by atoms with Crippen molar-refractivity contribution in [2.24, 2.45) is 11.3 Å². The normalized spacial score (nSPS) is 26.8. The molecule has 1 saturated carbocycles. The van der Waals surface area contributed by atoms with Crippen LogP contribution in [0, 0.1) is 11.3 Å². The molecule has 0 radical (unpaired) electrons. The summed E-state index contributed by atoms with van der Waals surface area (Å²) in [5, 5.41) is 10.9. The molecule has 152 valence electrons. The predicted molar refractivity (Wildman–Crippen MR) is 114 cm³/mol. The minimum absolute atomic E-state index is 0.0627. The molecule has 27 heavy (non-hydrogen) atoms. The molecule has 1 fully saturated rings. The van der Waals surface area contributed by atoms with Crippen molar-refractivity contribution in [2.75, 3.05) is 0 Å². The molecular formula is C25H40O2. The first-order chi connectivity index (χ1) is 12.6. The van der Waals surface area contributed by atoms with Crippen LogP contribution in [0.2, 0.25) is 0 Å². The maximum absolute atomic E-state index is 10.9. The molecule has 2 aliphatic rings. The van der Waals surface area contributed by atoms with Crippen molar-refractivity contribution >= 4 is 0 Å². The second kappa shape index (κ2) is 7.33. The Kier molecular flexibility index (Phi) is 5.58. The Morgan fingerprint density at radius 3 is 2.56 bits per heavy atom. The molecule has 0 bridgehead atoms. The van der Waals surface area contributed by atoms with Crippen molar-refractivity contribution in [1.29, 1.82) is 0 Å². The quantitative estimate of drug-likeness (QED) is 0.537. The van der Waals surface area contributed by atoms with Gasteiger partial charge in [-0.25, -0.2) is 0 Å². The van der Waals surface area contributed by atoms with E-state index < -0.39 is 0 Å². The standard InChI is InChI=1S/C25H40O2/c1-7-8-9-10-12-23(2,3)18-15-20(26)19-17-22-24(4,5)13-11-14-25(22,6)27-21(19)16-18/h15-16,22,26H,7-14,17H2,1-6H3/t22-,25+/m0/s1. The number of benzene rings is 1. The predicted octanol–water partition coefficient (Wildman–Crippen LogP) is 7.16. The Labute approximate surface area is 166 Å². The van der Waals surface area contributed by atoms with Gasteiger partial charge in [-0.15, -0.1) is 0 Å². The number of hydrogen-bond donors (Lipinski definition) is 1. The zero-order chi connectivity index (χ0) is 19.9. The van der Waals surface area contributed by atoms with Crippen LogP contribution in [0.15, 0.2) is 12.1 Å². The van der Waals surface area contributed by atoms with Crippen molar-refractivity contribution in [3.63, 3.8) is 0 Å². The summed E-state index contributed by atoms with van der Waals surface area (Å²) in [4.78, 5) is 0. The van der Waals surface area contributed by atoms with E-state index in [0.29, 0.717) is 11.7 Å². The molecule has 0 amide bonds. The Morgan fingerprint density at radius 2 is 1.85 bits per heavy atom. The van der Waals surface area contributed by atoms with E-state index in [1.54, 1.807) is 0 Å². The number of hydrogen-bond acceptors (Lipinski definition) is 2. The van der Waals surface area contributed by atoms with E-state index in [4.69, 9.17) is 4.74 Å². The lowest BCUT2D eigenvalue weighted by molar-refractivity contribution is -0.0820. The molecule has 1 aromatic carbocycles. The number of aromatic hydroxyl groups is 1. The van der Waals surface area contributed by atoms with Crippen LogP contribution in [0.3, 0.4) is 0 Å². The highest BCUT2D eigenvalue weighted by Gasteiger charge is 2.51. The van der Waals surface area contributed by atoms with Gasteiger partial charge in [-0.05, 0) is 67.6 Å². The zero-order valence-corrected chi connectivity index (χ0v) is 18.5. The van der Waals surface area contributed by atoms with E-state index in [9.17, 15) is 5.11 Å². The first kappa shape index (κ1) is 20.6.